The van der Waals surface area contributed by atoms with Crippen LogP contribution in [0.5, 0.6) is 0 Å². The molecule has 1 heterocycles. The van der Waals surface area contributed by atoms with Gasteiger partial charge in [0.2, 0.25) is 5.91 Å². The first-order valence-corrected chi connectivity index (χ1v) is 9.96. The van der Waals surface area contributed by atoms with Crippen LogP contribution in [0.25, 0.3) is 0 Å². The highest BCUT2D eigenvalue weighted by Gasteiger charge is 2.09. The average Bonchev–Trinajstić information content (AvgIpc) is 2.81. The van der Waals surface area contributed by atoms with Crippen molar-refractivity contribution in [3.8, 4) is 0 Å². The molecule has 1 aromatic rings. The zero-order valence-electron chi connectivity index (χ0n) is 16.8. The van der Waals surface area contributed by atoms with Gasteiger partial charge in [0.05, 0.1) is 5.69 Å². The predicted octanol–water partition coefficient (Wildman–Crippen LogP) is 1.57. The number of carbonyl (C=O) groups excluding carboxylic acids is 1. The number of likely N-dealkylation sites (N-methyl/N-ethyl adjacent to an activating group) is 1. The minimum Gasteiger partial charge on any atom is -0.356 e. The molecule has 1 rings (SSSR count). The van der Waals surface area contributed by atoms with E-state index in [0.717, 1.165) is 37.4 Å². The summed E-state index contributed by atoms with van der Waals surface area (Å²) in [4.78, 5) is 17.6. The van der Waals surface area contributed by atoms with E-state index in [9.17, 15) is 4.79 Å². The van der Waals surface area contributed by atoms with Crippen LogP contribution in [0.2, 0.25) is 0 Å². The number of halogens is 1. The van der Waals surface area contributed by atoms with Gasteiger partial charge in [0, 0.05) is 45.7 Å². The number of carbonyl (C=O) groups is 1. The summed E-state index contributed by atoms with van der Waals surface area (Å²) >= 11 is 1.77. The Bertz CT molecular complexity index is 588. The summed E-state index contributed by atoms with van der Waals surface area (Å²) in [5.41, 5.74) is 3.64. The Kier molecular flexibility index (Phi) is 12.7. The van der Waals surface area contributed by atoms with Crippen molar-refractivity contribution in [1.82, 2.24) is 25.3 Å². The van der Waals surface area contributed by atoms with Gasteiger partial charge in [-0.15, -0.1) is 24.0 Å². The second-order valence-corrected chi connectivity index (χ2v) is 7.16. The molecule has 0 aliphatic rings. The average molecular weight is 496 g/mol. The highest BCUT2D eigenvalue weighted by Crippen LogP contribution is 2.13. The Morgan fingerprint density at radius 2 is 1.92 bits per heavy atom. The van der Waals surface area contributed by atoms with Gasteiger partial charge in [-0.3, -0.25) is 9.48 Å². The van der Waals surface area contributed by atoms with Gasteiger partial charge in [-0.05, 0) is 38.5 Å². The molecule has 0 fully saturated rings. The summed E-state index contributed by atoms with van der Waals surface area (Å²) in [6, 6.07) is 0. The first-order valence-electron chi connectivity index (χ1n) is 8.57. The quantitative estimate of drug-likeness (QED) is 0.235. The predicted molar refractivity (Wildman–Crippen MR) is 122 cm³/mol. The number of thioether (sulfide) groups is 1. The Hall–Kier alpha value is -0.970. The Morgan fingerprint density at radius 1 is 1.27 bits per heavy atom. The van der Waals surface area contributed by atoms with Crippen molar-refractivity contribution >= 4 is 47.6 Å². The van der Waals surface area contributed by atoms with Crippen LogP contribution >= 0.6 is 35.7 Å². The third kappa shape index (κ3) is 8.61. The van der Waals surface area contributed by atoms with Crippen molar-refractivity contribution < 1.29 is 4.79 Å². The van der Waals surface area contributed by atoms with E-state index in [1.54, 1.807) is 30.8 Å². The molecule has 0 atom stereocenters. The highest BCUT2D eigenvalue weighted by atomic mass is 127. The summed E-state index contributed by atoms with van der Waals surface area (Å²) < 4.78 is 1.93. The van der Waals surface area contributed by atoms with E-state index in [2.05, 4.69) is 40.8 Å². The number of rotatable bonds is 9. The molecule has 0 aromatic carbocycles. The molecule has 26 heavy (non-hydrogen) atoms. The van der Waals surface area contributed by atoms with Crippen molar-refractivity contribution in [1.29, 1.82) is 0 Å². The molecular weight excluding hydrogens is 463 g/mol. The number of aliphatic imine (C=N–C) groups is 1. The third-order valence-electron chi connectivity index (χ3n) is 4.02. The zero-order valence-corrected chi connectivity index (χ0v) is 19.9. The SMILES string of the molecule is CSCCNC(=NCC(=O)N(C)C)NCCCc1c(C)nn(C)c1C.I. The van der Waals surface area contributed by atoms with Crippen molar-refractivity contribution in [2.75, 3.05) is 45.7 Å². The number of guanidine groups is 1. The van der Waals surface area contributed by atoms with Crippen molar-refractivity contribution in [3.05, 3.63) is 17.0 Å². The normalized spacial score (nSPS) is 11.1. The second kappa shape index (κ2) is 13.2. The monoisotopic (exact) mass is 496 g/mol. The molecule has 0 unspecified atom stereocenters. The van der Waals surface area contributed by atoms with Gasteiger partial charge in [0.25, 0.3) is 0 Å². The molecule has 0 radical (unpaired) electrons. The maximum atomic E-state index is 11.7. The van der Waals surface area contributed by atoms with Gasteiger partial charge in [-0.1, -0.05) is 0 Å². The van der Waals surface area contributed by atoms with E-state index in [1.807, 2.05) is 11.7 Å². The van der Waals surface area contributed by atoms with Crippen LogP contribution in [0.4, 0.5) is 0 Å². The lowest BCUT2D eigenvalue weighted by Gasteiger charge is -2.13. The number of aryl methyl sites for hydroxylation is 2. The fourth-order valence-electron chi connectivity index (χ4n) is 2.39. The molecule has 0 aliphatic heterocycles. The molecule has 150 valence electrons. The number of amides is 1. The standard InChI is InChI=1S/C17H32N6OS.HI/c1-13-15(14(2)23(5)21-13)8-7-9-18-17(19-10-11-25-6)20-12-16(24)22(3)4;/h7-12H2,1-6H3,(H2,18,19,20);1H. The fraction of sp³-hybridized carbons (Fsp3) is 0.706. The Labute approximate surface area is 178 Å². The molecule has 7 nitrogen and oxygen atoms in total. The summed E-state index contributed by atoms with van der Waals surface area (Å²) in [7, 11) is 5.46. The van der Waals surface area contributed by atoms with Crippen molar-refractivity contribution in [2.45, 2.75) is 26.7 Å². The summed E-state index contributed by atoms with van der Waals surface area (Å²) in [6.45, 7) is 5.94. The van der Waals surface area contributed by atoms with E-state index in [0.29, 0.717) is 5.96 Å². The highest BCUT2D eigenvalue weighted by molar-refractivity contribution is 14.0. The van der Waals surface area contributed by atoms with Gasteiger partial charge in [0.1, 0.15) is 6.54 Å². The molecule has 9 heteroatoms. The van der Waals surface area contributed by atoms with Crippen LogP contribution in [-0.4, -0.2) is 72.3 Å². The number of nitrogens with one attached hydrogen (secondary N) is 2. The van der Waals surface area contributed by atoms with Gasteiger partial charge in [0.15, 0.2) is 5.96 Å². The topological polar surface area (TPSA) is 74.6 Å². The molecule has 0 bridgehead atoms. The number of hydrogen-bond donors (Lipinski definition) is 2. The van der Waals surface area contributed by atoms with Crippen LogP contribution in [0.1, 0.15) is 23.4 Å². The van der Waals surface area contributed by atoms with E-state index in [-0.39, 0.29) is 36.4 Å². The van der Waals surface area contributed by atoms with Crippen LogP contribution in [0.15, 0.2) is 4.99 Å². The van der Waals surface area contributed by atoms with Crippen LogP contribution in [0.3, 0.4) is 0 Å². The molecule has 0 saturated carbocycles. The smallest absolute Gasteiger partial charge is 0.243 e. The summed E-state index contributed by atoms with van der Waals surface area (Å²) in [5, 5.41) is 11.0. The van der Waals surface area contributed by atoms with E-state index < -0.39 is 0 Å². The molecular formula is C17H33IN6OS. The van der Waals surface area contributed by atoms with E-state index in [1.165, 1.54) is 11.3 Å². The Morgan fingerprint density at radius 3 is 2.46 bits per heavy atom. The number of nitrogens with zero attached hydrogens (tertiary/aromatic N) is 4. The first-order chi connectivity index (χ1) is 11.9. The van der Waals surface area contributed by atoms with Gasteiger partial charge < -0.3 is 15.5 Å². The van der Waals surface area contributed by atoms with Crippen LogP contribution in [-0.2, 0) is 18.3 Å². The largest absolute Gasteiger partial charge is 0.356 e. The van der Waals surface area contributed by atoms with E-state index in [4.69, 9.17) is 0 Å². The van der Waals surface area contributed by atoms with Gasteiger partial charge in [-0.2, -0.15) is 16.9 Å². The Balaban J connectivity index is 0.00000625. The number of aromatic nitrogens is 2. The summed E-state index contributed by atoms with van der Waals surface area (Å²) in [5.74, 6) is 1.69. The molecule has 0 aliphatic carbocycles. The fourth-order valence-corrected chi connectivity index (χ4v) is 2.69. The molecule has 2 N–H and O–H groups in total. The maximum Gasteiger partial charge on any atom is 0.243 e. The lowest BCUT2D eigenvalue weighted by Crippen LogP contribution is -2.40. The maximum absolute atomic E-state index is 11.7. The van der Waals surface area contributed by atoms with Gasteiger partial charge in [-0.25, -0.2) is 4.99 Å². The minimum absolute atomic E-state index is 0. The van der Waals surface area contributed by atoms with Gasteiger partial charge >= 0.3 is 0 Å². The molecule has 0 spiro atoms. The zero-order chi connectivity index (χ0) is 18.8. The lowest BCUT2D eigenvalue weighted by atomic mass is 10.1. The third-order valence-corrected chi connectivity index (χ3v) is 4.64. The van der Waals surface area contributed by atoms with Crippen LogP contribution in [0, 0.1) is 13.8 Å². The summed E-state index contributed by atoms with van der Waals surface area (Å²) in [6.07, 6.45) is 4.03. The molecule has 0 saturated heterocycles. The second-order valence-electron chi connectivity index (χ2n) is 6.18. The minimum atomic E-state index is -0.00687. The molecule has 1 aromatic heterocycles. The number of hydrogen-bond acceptors (Lipinski definition) is 4. The first kappa shape index (κ1) is 25.0. The van der Waals surface area contributed by atoms with Crippen molar-refractivity contribution in [2.24, 2.45) is 12.0 Å². The van der Waals surface area contributed by atoms with Crippen molar-refractivity contribution in [3.63, 3.8) is 0 Å². The lowest BCUT2D eigenvalue weighted by molar-refractivity contribution is -0.127. The molecule has 1 amide bonds. The van der Waals surface area contributed by atoms with Crippen LogP contribution < -0.4 is 10.6 Å². The van der Waals surface area contributed by atoms with E-state index >= 15 is 0 Å².